The molecule has 0 N–H and O–H groups in total. The largest absolute Gasteiger partial charge is 0.328 e. The minimum atomic E-state index is -0.863. The van der Waals surface area contributed by atoms with E-state index in [1.807, 2.05) is 20.8 Å². The van der Waals surface area contributed by atoms with Crippen LogP contribution in [0, 0.1) is 5.92 Å². The summed E-state index contributed by atoms with van der Waals surface area (Å²) in [4.78, 5) is 0. The maximum absolute atomic E-state index is 6.04. The zero-order chi connectivity index (χ0) is 18.1. The summed E-state index contributed by atoms with van der Waals surface area (Å²) in [5.41, 5.74) is 0. The first-order chi connectivity index (χ1) is 11.7. The number of rotatable bonds is 18. The molecule has 0 saturated heterocycles. The number of hydrogen-bond donors (Lipinski definition) is 1. The van der Waals surface area contributed by atoms with E-state index in [1.54, 1.807) is 0 Å². The topological polar surface area (TPSA) is 27.7 Å². The van der Waals surface area contributed by atoms with Crippen molar-refractivity contribution in [2.45, 2.75) is 97.9 Å². The number of unbranched alkanes of at least 4 members (excludes halogenated alkanes) is 6. The van der Waals surface area contributed by atoms with Gasteiger partial charge in [0.25, 0.3) is 5.97 Å². The third-order valence-corrected chi connectivity index (χ3v) is 4.72. The zero-order valence-electron chi connectivity index (χ0n) is 16.6. The Morgan fingerprint density at radius 3 is 1.58 bits per heavy atom. The van der Waals surface area contributed by atoms with Crippen molar-refractivity contribution in [3.8, 4) is 0 Å². The second kappa shape index (κ2) is 16.7. The van der Waals surface area contributed by atoms with Crippen molar-refractivity contribution in [2.75, 3.05) is 25.6 Å². The van der Waals surface area contributed by atoms with Crippen molar-refractivity contribution in [1.29, 1.82) is 0 Å². The molecule has 0 rings (SSSR count). The number of thiol groups is 1. The Kier molecular flexibility index (Phi) is 16.8. The van der Waals surface area contributed by atoms with Crippen LogP contribution >= 0.6 is 12.6 Å². The monoisotopic (exact) mass is 362 g/mol. The average Bonchev–Trinajstić information content (AvgIpc) is 2.57. The first-order valence-electron chi connectivity index (χ1n) is 10.2. The van der Waals surface area contributed by atoms with Gasteiger partial charge in [0.1, 0.15) is 0 Å². The summed E-state index contributed by atoms with van der Waals surface area (Å²) < 4.78 is 18.1. The second-order valence-electron chi connectivity index (χ2n) is 6.38. The Bertz CT molecular complexity index is 244. The van der Waals surface area contributed by atoms with Gasteiger partial charge in [-0.1, -0.05) is 51.9 Å². The lowest BCUT2D eigenvalue weighted by Gasteiger charge is -2.39. The summed E-state index contributed by atoms with van der Waals surface area (Å²) in [6.45, 7) is 10.1. The van der Waals surface area contributed by atoms with Gasteiger partial charge in [0.15, 0.2) is 0 Å². The number of hydrogen-bond acceptors (Lipinski definition) is 4. The molecule has 1 atom stereocenters. The van der Waals surface area contributed by atoms with E-state index in [0.29, 0.717) is 25.7 Å². The molecule has 0 spiro atoms. The molecule has 0 aromatic carbocycles. The van der Waals surface area contributed by atoms with Gasteiger partial charge in [-0.15, -0.1) is 0 Å². The van der Waals surface area contributed by atoms with Crippen molar-refractivity contribution in [3.63, 3.8) is 0 Å². The normalized spacial score (nSPS) is 13.4. The molecule has 0 aliphatic rings. The molecule has 0 amide bonds. The SMILES string of the molecule is CCCCCCCCC(CCCCS)C(OCC)(OCC)OCC. The highest BCUT2D eigenvalue weighted by molar-refractivity contribution is 7.80. The molecule has 3 nitrogen and oxygen atoms in total. The molecule has 0 saturated carbocycles. The molecular formula is C20H42O3S. The van der Waals surface area contributed by atoms with Gasteiger partial charge in [-0.25, -0.2) is 0 Å². The van der Waals surface area contributed by atoms with E-state index in [2.05, 4.69) is 19.6 Å². The van der Waals surface area contributed by atoms with Gasteiger partial charge in [-0.3, -0.25) is 0 Å². The van der Waals surface area contributed by atoms with Gasteiger partial charge in [-0.05, 0) is 45.8 Å². The quantitative estimate of drug-likeness (QED) is 0.178. The van der Waals surface area contributed by atoms with Crippen molar-refractivity contribution in [3.05, 3.63) is 0 Å². The molecule has 4 heteroatoms. The molecule has 0 bridgehead atoms. The van der Waals surface area contributed by atoms with Crippen molar-refractivity contribution >= 4 is 12.6 Å². The molecule has 0 fully saturated rings. The molecule has 0 aliphatic carbocycles. The molecule has 1 unspecified atom stereocenters. The predicted octanol–water partition coefficient (Wildman–Crippen LogP) is 6.22. The first kappa shape index (κ1) is 24.2. The van der Waals surface area contributed by atoms with Gasteiger partial charge in [0, 0.05) is 25.7 Å². The van der Waals surface area contributed by atoms with Crippen LogP contribution in [0.25, 0.3) is 0 Å². The van der Waals surface area contributed by atoms with Crippen LogP contribution in [0.3, 0.4) is 0 Å². The third kappa shape index (κ3) is 10.3. The van der Waals surface area contributed by atoms with E-state index >= 15 is 0 Å². The Balaban J connectivity index is 4.74. The van der Waals surface area contributed by atoms with Gasteiger partial charge in [0.2, 0.25) is 0 Å². The van der Waals surface area contributed by atoms with Crippen LogP contribution in [0.4, 0.5) is 0 Å². The van der Waals surface area contributed by atoms with Crippen molar-refractivity contribution in [2.24, 2.45) is 5.92 Å². The maximum atomic E-state index is 6.04. The summed E-state index contributed by atoms with van der Waals surface area (Å²) >= 11 is 4.34. The highest BCUT2D eigenvalue weighted by Crippen LogP contribution is 2.34. The highest BCUT2D eigenvalue weighted by Gasteiger charge is 2.41. The summed E-state index contributed by atoms with van der Waals surface area (Å²) in [6, 6.07) is 0. The molecule has 0 radical (unpaired) electrons. The van der Waals surface area contributed by atoms with Gasteiger partial charge < -0.3 is 14.2 Å². The molecular weight excluding hydrogens is 320 g/mol. The Labute approximate surface area is 156 Å². The summed E-state index contributed by atoms with van der Waals surface area (Å²) in [6.07, 6.45) is 12.3. The average molecular weight is 363 g/mol. The zero-order valence-corrected chi connectivity index (χ0v) is 17.5. The minimum Gasteiger partial charge on any atom is -0.328 e. The smallest absolute Gasteiger partial charge is 0.285 e. The third-order valence-electron chi connectivity index (χ3n) is 4.40. The number of ether oxygens (including phenoxy) is 3. The molecule has 0 heterocycles. The van der Waals surface area contributed by atoms with Crippen LogP contribution < -0.4 is 0 Å². The van der Waals surface area contributed by atoms with E-state index < -0.39 is 5.97 Å². The lowest BCUT2D eigenvalue weighted by molar-refractivity contribution is -0.403. The lowest BCUT2D eigenvalue weighted by atomic mass is 9.92. The highest BCUT2D eigenvalue weighted by atomic mass is 32.1. The Hall–Kier alpha value is 0.230. The second-order valence-corrected chi connectivity index (χ2v) is 6.82. The fourth-order valence-electron chi connectivity index (χ4n) is 3.25. The van der Waals surface area contributed by atoms with E-state index in [1.165, 1.54) is 38.5 Å². The first-order valence-corrected chi connectivity index (χ1v) is 10.9. The molecule has 24 heavy (non-hydrogen) atoms. The van der Waals surface area contributed by atoms with E-state index in [9.17, 15) is 0 Å². The van der Waals surface area contributed by atoms with Crippen LogP contribution in [0.15, 0.2) is 0 Å². The van der Waals surface area contributed by atoms with E-state index in [-0.39, 0.29) is 0 Å². The Morgan fingerprint density at radius 1 is 0.667 bits per heavy atom. The van der Waals surface area contributed by atoms with E-state index in [0.717, 1.165) is 31.4 Å². The van der Waals surface area contributed by atoms with Crippen LogP contribution in [0.2, 0.25) is 0 Å². The molecule has 0 aliphatic heterocycles. The fourth-order valence-corrected chi connectivity index (χ4v) is 3.48. The predicted molar refractivity (Wildman–Crippen MR) is 107 cm³/mol. The van der Waals surface area contributed by atoms with E-state index in [4.69, 9.17) is 14.2 Å². The molecule has 146 valence electrons. The lowest BCUT2D eigenvalue weighted by Crippen LogP contribution is -2.46. The van der Waals surface area contributed by atoms with Gasteiger partial charge in [0.05, 0.1) is 0 Å². The van der Waals surface area contributed by atoms with Crippen molar-refractivity contribution in [1.82, 2.24) is 0 Å². The van der Waals surface area contributed by atoms with Crippen LogP contribution in [-0.2, 0) is 14.2 Å². The van der Waals surface area contributed by atoms with Gasteiger partial charge in [-0.2, -0.15) is 12.6 Å². The minimum absolute atomic E-state index is 0.295. The summed E-state index contributed by atoms with van der Waals surface area (Å²) in [5.74, 6) is 0.371. The fraction of sp³-hybridized carbons (Fsp3) is 1.00. The standard InChI is InChI=1S/C20H42O3S/c1-5-9-10-11-12-13-16-19(17-14-15-18-24)20(21-6-2,22-7-3)23-8-4/h19,24H,5-18H2,1-4H3. The Morgan fingerprint density at radius 2 is 1.12 bits per heavy atom. The molecule has 0 aromatic rings. The van der Waals surface area contributed by atoms with Crippen molar-refractivity contribution < 1.29 is 14.2 Å². The van der Waals surface area contributed by atoms with Gasteiger partial charge >= 0.3 is 0 Å². The summed E-state index contributed by atoms with van der Waals surface area (Å²) in [7, 11) is 0. The van der Waals surface area contributed by atoms with Crippen LogP contribution in [0.1, 0.15) is 91.9 Å². The van der Waals surface area contributed by atoms with Crippen LogP contribution in [-0.4, -0.2) is 31.5 Å². The molecule has 0 aromatic heterocycles. The summed E-state index contributed by atoms with van der Waals surface area (Å²) in [5, 5.41) is 0. The maximum Gasteiger partial charge on any atom is 0.285 e. The van der Waals surface area contributed by atoms with Crippen LogP contribution in [0.5, 0.6) is 0 Å².